The van der Waals surface area contributed by atoms with Gasteiger partial charge in [-0.25, -0.2) is 15.0 Å². The molecular formula is C16H17ClN4. The first-order chi connectivity index (χ1) is 10.2. The van der Waals surface area contributed by atoms with Crippen molar-refractivity contribution in [2.24, 2.45) is 0 Å². The molecule has 108 valence electrons. The molecule has 0 bridgehead atoms. The van der Waals surface area contributed by atoms with Crippen molar-refractivity contribution in [1.29, 1.82) is 0 Å². The molecule has 0 saturated heterocycles. The smallest absolute Gasteiger partial charge is 0.150 e. The van der Waals surface area contributed by atoms with Crippen molar-refractivity contribution in [3.8, 4) is 0 Å². The van der Waals surface area contributed by atoms with Crippen LogP contribution in [-0.4, -0.2) is 19.5 Å². The Morgan fingerprint density at radius 1 is 1.14 bits per heavy atom. The highest BCUT2D eigenvalue weighted by molar-refractivity contribution is 6.29. The van der Waals surface area contributed by atoms with E-state index in [-0.39, 0.29) is 0 Å². The zero-order chi connectivity index (χ0) is 14.8. The molecule has 0 N–H and O–H groups in total. The highest BCUT2D eigenvalue weighted by Crippen LogP contribution is 2.18. The number of aryl methyl sites for hydroxylation is 2. The molecule has 0 saturated carbocycles. The summed E-state index contributed by atoms with van der Waals surface area (Å²) in [6.07, 6.45) is 1.99. The number of hydrogen-bond donors (Lipinski definition) is 0. The van der Waals surface area contributed by atoms with Crippen molar-refractivity contribution in [3.05, 3.63) is 52.8 Å². The molecule has 3 rings (SSSR count). The predicted molar refractivity (Wildman–Crippen MR) is 84.6 cm³/mol. The fourth-order valence-electron chi connectivity index (χ4n) is 2.52. The molecule has 0 radical (unpaired) electrons. The average molecular weight is 301 g/mol. The molecule has 0 aliphatic carbocycles. The van der Waals surface area contributed by atoms with E-state index in [0.717, 1.165) is 41.2 Å². The molecule has 1 aromatic carbocycles. The van der Waals surface area contributed by atoms with E-state index >= 15 is 0 Å². The number of rotatable bonds is 4. The van der Waals surface area contributed by atoms with Gasteiger partial charge in [0.05, 0.1) is 17.6 Å². The van der Waals surface area contributed by atoms with Crippen LogP contribution in [0.3, 0.4) is 0 Å². The van der Waals surface area contributed by atoms with Crippen molar-refractivity contribution in [1.82, 2.24) is 19.5 Å². The Labute approximate surface area is 128 Å². The quantitative estimate of drug-likeness (QED) is 0.689. The lowest BCUT2D eigenvalue weighted by Crippen LogP contribution is -2.09. The highest BCUT2D eigenvalue weighted by atomic mass is 35.5. The van der Waals surface area contributed by atoms with Gasteiger partial charge in [-0.05, 0) is 31.5 Å². The summed E-state index contributed by atoms with van der Waals surface area (Å²) in [5.41, 5.74) is 3.01. The monoisotopic (exact) mass is 300 g/mol. The Hall–Kier alpha value is -1.94. The van der Waals surface area contributed by atoms with Crippen LogP contribution in [0.25, 0.3) is 11.0 Å². The van der Waals surface area contributed by atoms with Crippen LogP contribution in [0.1, 0.15) is 30.7 Å². The Balaban J connectivity index is 2.07. The number of para-hydroxylation sites is 2. The lowest BCUT2D eigenvalue weighted by Gasteiger charge is -2.08. The molecule has 0 atom stereocenters. The van der Waals surface area contributed by atoms with Crippen molar-refractivity contribution in [2.75, 3.05) is 0 Å². The largest absolute Gasteiger partial charge is 0.320 e. The van der Waals surface area contributed by atoms with Crippen molar-refractivity contribution in [3.63, 3.8) is 0 Å². The summed E-state index contributed by atoms with van der Waals surface area (Å²) in [5, 5.41) is 0.485. The normalized spacial score (nSPS) is 11.2. The summed E-state index contributed by atoms with van der Waals surface area (Å²) in [6, 6.07) is 9.92. The maximum atomic E-state index is 6.03. The molecule has 0 aliphatic rings. The fourth-order valence-corrected chi connectivity index (χ4v) is 2.77. The van der Waals surface area contributed by atoms with Crippen LogP contribution >= 0.6 is 11.6 Å². The van der Waals surface area contributed by atoms with E-state index in [0.29, 0.717) is 11.7 Å². The first-order valence-electron chi connectivity index (χ1n) is 7.11. The number of hydrogen-bond acceptors (Lipinski definition) is 3. The van der Waals surface area contributed by atoms with Crippen LogP contribution in [0, 0.1) is 6.92 Å². The van der Waals surface area contributed by atoms with Crippen LogP contribution in [0.2, 0.25) is 5.15 Å². The zero-order valence-electron chi connectivity index (χ0n) is 12.2. The van der Waals surface area contributed by atoms with Gasteiger partial charge < -0.3 is 4.57 Å². The molecule has 0 spiro atoms. The van der Waals surface area contributed by atoms with Gasteiger partial charge in [0.1, 0.15) is 16.8 Å². The van der Waals surface area contributed by atoms with Crippen LogP contribution in [0.15, 0.2) is 30.3 Å². The van der Waals surface area contributed by atoms with Crippen molar-refractivity contribution in [2.45, 2.75) is 33.2 Å². The maximum absolute atomic E-state index is 6.03. The molecular weight excluding hydrogens is 284 g/mol. The summed E-state index contributed by atoms with van der Waals surface area (Å²) in [5.74, 6) is 1.79. The summed E-state index contributed by atoms with van der Waals surface area (Å²) >= 11 is 6.03. The third-order valence-electron chi connectivity index (χ3n) is 3.38. The third kappa shape index (κ3) is 2.90. The number of aromatic nitrogens is 4. The Kier molecular flexibility index (Phi) is 3.88. The lowest BCUT2D eigenvalue weighted by molar-refractivity contribution is 0.691. The molecule has 4 nitrogen and oxygen atoms in total. The van der Waals surface area contributed by atoms with Gasteiger partial charge in [-0.2, -0.15) is 0 Å². The maximum Gasteiger partial charge on any atom is 0.150 e. The lowest BCUT2D eigenvalue weighted by atomic mass is 10.3. The fraction of sp³-hybridized carbons (Fsp3) is 0.312. The summed E-state index contributed by atoms with van der Waals surface area (Å²) in [6.45, 7) is 4.68. The second kappa shape index (κ2) is 5.82. The van der Waals surface area contributed by atoms with Crippen LogP contribution in [0.5, 0.6) is 0 Å². The Morgan fingerprint density at radius 2 is 1.95 bits per heavy atom. The first kappa shape index (κ1) is 14.0. The van der Waals surface area contributed by atoms with Gasteiger partial charge >= 0.3 is 0 Å². The minimum atomic E-state index is 0.485. The van der Waals surface area contributed by atoms with Gasteiger partial charge in [0.25, 0.3) is 0 Å². The van der Waals surface area contributed by atoms with E-state index in [1.807, 2.05) is 25.1 Å². The molecule has 2 heterocycles. The molecule has 3 aromatic rings. The number of imidazole rings is 1. The van der Waals surface area contributed by atoms with Crippen LogP contribution in [0.4, 0.5) is 0 Å². The Bertz CT molecular complexity index is 759. The van der Waals surface area contributed by atoms with Crippen molar-refractivity contribution < 1.29 is 0 Å². The minimum absolute atomic E-state index is 0.485. The minimum Gasteiger partial charge on any atom is -0.320 e. The SMILES string of the molecule is CCCc1nc2ccccc2n1Cc1nc(C)cc(Cl)n1. The Morgan fingerprint density at radius 3 is 2.71 bits per heavy atom. The molecule has 5 heteroatoms. The highest BCUT2D eigenvalue weighted by Gasteiger charge is 2.11. The van der Waals surface area contributed by atoms with E-state index < -0.39 is 0 Å². The summed E-state index contributed by atoms with van der Waals surface area (Å²) in [7, 11) is 0. The average Bonchev–Trinajstić information content (AvgIpc) is 2.76. The number of benzene rings is 1. The van der Waals surface area contributed by atoms with Crippen LogP contribution in [-0.2, 0) is 13.0 Å². The van der Waals surface area contributed by atoms with E-state index in [9.17, 15) is 0 Å². The predicted octanol–water partition coefficient (Wildman–Crippen LogP) is 3.79. The van der Waals surface area contributed by atoms with E-state index in [1.54, 1.807) is 6.07 Å². The number of nitrogens with zero attached hydrogens (tertiary/aromatic N) is 4. The molecule has 0 fully saturated rings. The van der Waals surface area contributed by atoms with Gasteiger partial charge in [0, 0.05) is 12.1 Å². The van der Waals surface area contributed by atoms with Gasteiger partial charge in [-0.15, -0.1) is 0 Å². The van der Waals surface area contributed by atoms with E-state index in [2.05, 4.69) is 27.5 Å². The van der Waals surface area contributed by atoms with Crippen molar-refractivity contribution >= 4 is 22.6 Å². The van der Waals surface area contributed by atoms with E-state index in [4.69, 9.17) is 16.6 Å². The molecule has 21 heavy (non-hydrogen) atoms. The van der Waals surface area contributed by atoms with Gasteiger partial charge in [-0.1, -0.05) is 30.7 Å². The molecule has 0 aliphatic heterocycles. The number of fused-ring (bicyclic) bond motifs is 1. The van der Waals surface area contributed by atoms with Gasteiger partial charge in [0.2, 0.25) is 0 Å². The second-order valence-electron chi connectivity index (χ2n) is 5.10. The van der Waals surface area contributed by atoms with E-state index in [1.165, 1.54) is 0 Å². The summed E-state index contributed by atoms with van der Waals surface area (Å²) in [4.78, 5) is 13.5. The third-order valence-corrected chi connectivity index (χ3v) is 3.57. The standard InChI is InChI=1S/C16H17ClN4/c1-3-6-16-19-12-7-4-5-8-13(12)21(16)10-15-18-11(2)9-14(17)20-15/h4-5,7-9H,3,6,10H2,1-2H3. The molecule has 0 amide bonds. The molecule has 2 aromatic heterocycles. The topological polar surface area (TPSA) is 43.6 Å². The molecule has 0 unspecified atom stereocenters. The van der Waals surface area contributed by atoms with Gasteiger partial charge in [-0.3, -0.25) is 0 Å². The van der Waals surface area contributed by atoms with Gasteiger partial charge in [0.15, 0.2) is 0 Å². The zero-order valence-corrected chi connectivity index (χ0v) is 12.9. The first-order valence-corrected chi connectivity index (χ1v) is 7.49. The second-order valence-corrected chi connectivity index (χ2v) is 5.49. The summed E-state index contributed by atoms with van der Waals surface area (Å²) < 4.78 is 2.18. The van der Waals surface area contributed by atoms with Crippen LogP contribution < -0.4 is 0 Å². The number of halogens is 1.